The predicted molar refractivity (Wildman–Crippen MR) is 61.6 cm³/mol. The molecular formula is C11H20N2O4. The van der Waals surface area contributed by atoms with Crippen molar-refractivity contribution < 1.29 is 19.8 Å². The molecule has 1 fully saturated rings. The van der Waals surface area contributed by atoms with E-state index < -0.39 is 24.6 Å². The molecule has 1 aliphatic carbocycles. The summed E-state index contributed by atoms with van der Waals surface area (Å²) in [5.74, 6) is -0.651. The highest BCUT2D eigenvalue weighted by molar-refractivity contribution is 5.82. The van der Waals surface area contributed by atoms with E-state index in [1.807, 2.05) is 0 Å². The monoisotopic (exact) mass is 244 g/mol. The van der Waals surface area contributed by atoms with Crippen LogP contribution in [0.15, 0.2) is 0 Å². The standard InChI is InChI=1S/C11H20N2O4/c1-7-3-2-4-8(5-7)12-11(17)13-9(6-14)10(15)16/h7-9,14H,2-6H2,1H3,(H,15,16)(H2,12,13,17). The fourth-order valence-corrected chi connectivity index (χ4v) is 2.14. The minimum absolute atomic E-state index is 0.104. The highest BCUT2D eigenvalue weighted by Crippen LogP contribution is 2.23. The number of amides is 2. The molecule has 3 atom stereocenters. The fraction of sp³-hybridized carbons (Fsp3) is 0.818. The summed E-state index contributed by atoms with van der Waals surface area (Å²) in [5, 5.41) is 22.4. The van der Waals surface area contributed by atoms with Gasteiger partial charge in [0.25, 0.3) is 0 Å². The molecule has 2 amide bonds. The minimum Gasteiger partial charge on any atom is -0.480 e. The molecule has 17 heavy (non-hydrogen) atoms. The molecule has 0 radical (unpaired) electrons. The zero-order chi connectivity index (χ0) is 12.8. The Morgan fingerprint density at radius 1 is 1.41 bits per heavy atom. The van der Waals surface area contributed by atoms with Crippen molar-refractivity contribution >= 4 is 12.0 Å². The highest BCUT2D eigenvalue weighted by atomic mass is 16.4. The van der Waals surface area contributed by atoms with Crippen molar-refractivity contribution in [2.45, 2.75) is 44.7 Å². The Bertz CT molecular complexity index is 283. The zero-order valence-electron chi connectivity index (χ0n) is 9.98. The maximum atomic E-state index is 11.5. The Balaban J connectivity index is 2.35. The minimum atomic E-state index is -1.24. The maximum absolute atomic E-state index is 11.5. The number of hydrogen-bond donors (Lipinski definition) is 4. The molecule has 6 nitrogen and oxygen atoms in total. The van der Waals surface area contributed by atoms with Gasteiger partial charge in [0, 0.05) is 6.04 Å². The van der Waals surface area contributed by atoms with E-state index in [1.165, 1.54) is 6.42 Å². The van der Waals surface area contributed by atoms with Crippen molar-refractivity contribution in [1.29, 1.82) is 0 Å². The van der Waals surface area contributed by atoms with E-state index in [0.29, 0.717) is 5.92 Å². The van der Waals surface area contributed by atoms with Gasteiger partial charge in [0.2, 0.25) is 0 Å². The summed E-state index contributed by atoms with van der Waals surface area (Å²) >= 11 is 0. The van der Waals surface area contributed by atoms with Crippen LogP contribution >= 0.6 is 0 Å². The van der Waals surface area contributed by atoms with Gasteiger partial charge < -0.3 is 20.8 Å². The predicted octanol–water partition coefficient (Wildman–Crippen LogP) is 0.310. The molecule has 1 rings (SSSR count). The Morgan fingerprint density at radius 2 is 2.12 bits per heavy atom. The number of carboxylic acids is 1. The molecule has 0 aromatic rings. The van der Waals surface area contributed by atoms with Crippen LogP contribution in [-0.2, 0) is 4.79 Å². The van der Waals surface area contributed by atoms with Crippen LogP contribution in [0.5, 0.6) is 0 Å². The second kappa shape index (κ2) is 6.44. The topological polar surface area (TPSA) is 98.7 Å². The Labute approximate surface area is 100 Å². The molecule has 0 aliphatic heterocycles. The second-order valence-corrected chi connectivity index (χ2v) is 4.66. The summed E-state index contributed by atoms with van der Waals surface area (Å²) in [5.41, 5.74) is 0. The number of aliphatic hydroxyl groups is 1. The molecule has 1 saturated carbocycles. The Kier molecular flexibility index (Phi) is 5.21. The van der Waals surface area contributed by atoms with Gasteiger partial charge in [-0.1, -0.05) is 19.8 Å². The molecular weight excluding hydrogens is 224 g/mol. The molecule has 0 spiro atoms. The smallest absolute Gasteiger partial charge is 0.328 e. The first kappa shape index (κ1) is 13.8. The lowest BCUT2D eigenvalue weighted by Crippen LogP contribution is -2.51. The highest BCUT2D eigenvalue weighted by Gasteiger charge is 2.23. The summed E-state index contributed by atoms with van der Waals surface area (Å²) < 4.78 is 0. The average molecular weight is 244 g/mol. The lowest BCUT2D eigenvalue weighted by atomic mass is 9.87. The third-order valence-electron chi connectivity index (χ3n) is 3.06. The van der Waals surface area contributed by atoms with Crippen LogP contribution in [0.2, 0.25) is 0 Å². The number of rotatable bonds is 4. The van der Waals surface area contributed by atoms with Gasteiger partial charge >= 0.3 is 12.0 Å². The largest absolute Gasteiger partial charge is 0.480 e. The second-order valence-electron chi connectivity index (χ2n) is 4.66. The molecule has 1 aliphatic rings. The van der Waals surface area contributed by atoms with Crippen LogP contribution < -0.4 is 10.6 Å². The summed E-state index contributed by atoms with van der Waals surface area (Å²) in [6, 6.07) is -1.66. The SMILES string of the molecule is CC1CCCC(NC(=O)NC(CO)C(=O)O)C1. The first-order valence-corrected chi connectivity index (χ1v) is 5.93. The van der Waals surface area contributed by atoms with Gasteiger partial charge in [-0.2, -0.15) is 0 Å². The van der Waals surface area contributed by atoms with Gasteiger partial charge in [0.15, 0.2) is 6.04 Å². The van der Waals surface area contributed by atoms with Crippen LogP contribution in [0.4, 0.5) is 4.79 Å². The van der Waals surface area contributed by atoms with Gasteiger partial charge in [0.05, 0.1) is 6.61 Å². The zero-order valence-corrected chi connectivity index (χ0v) is 9.98. The van der Waals surface area contributed by atoms with Gasteiger partial charge in [0.1, 0.15) is 0 Å². The number of carboxylic acid groups (broad SMARTS) is 1. The number of hydrogen-bond acceptors (Lipinski definition) is 3. The van der Waals surface area contributed by atoms with Crippen molar-refractivity contribution in [3.63, 3.8) is 0 Å². The van der Waals surface area contributed by atoms with E-state index in [9.17, 15) is 9.59 Å². The summed E-state index contributed by atoms with van der Waals surface area (Å²) in [7, 11) is 0. The molecule has 3 unspecified atom stereocenters. The molecule has 0 bridgehead atoms. The van der Waals surface area contributed by atoms with Crippen LogP contribution in [0.1, 0.15) is 32.6 Å². The van der Waals surface area contributed by atoms with E-state index in [1.54, 1.807) is 0 Å². The first-order valence-electron chi connectivity index (χ1n) is 5.93. The normalized spacial score (nSPS) is 26.0. The number of urea groups is 1. The molecule has 0 saturated heterocycles. The molecule has 0 aromatic heterocycles. The van der Waals surface area contributed by atoms with Crippen molar-refractivity contribution in [2.75, 3.05) is 6.61 Å². The van der Waals surface area contributed by atoms with Crippen molar-refractivity contribution in [1.82, 2.24) is 10.6 Å². The maximum Gasteiger partial charge on any atom is 0.328 e. The Hall–Kier alpha value is -1.30. The third-order valence-corrected chi connectivity index (χ3v) is 3.06. The summed E-state index contributed by atoms with van der Waals surface area (Å²) in [6.45, 7) is 1.53. The lowest BCUT2D eigenvalue weighted by molar-refractivity contribution is -0.140. The van der Waals surface area contributed by atoms with E-state index in [0.717, 1.165) is 19.3 Å². The molecule has 98 valence electrons. The fourth-order valence-electron chi connectivity index (χ4n) is 2.14. The van der Waals surface area contributed by atoms with E-state index in [-0.39, 0.29) is 6.04 Å². The van der Waals surface area contributed by atoms with Crippen LogP contribution in [0, 0.1) is 5.92 Å². The van der Waals surface area contributed by atoms with Gasteiger partial charge in [-0.3, -0.25) is 0 Å². The van der Waals surface area contributed by atoms with Crippen LogP contribution in [0.3, 0.4) is 0 Å². The average Bonchev–Trinajstić information content (AvgIpc) is 2.25. The number of carbonyl (C=O) groups is 2. The summed E-state index contributed by atoms with van der Waals surface area (Å²) in [6.07, 6.45) is 4.10. The number of aliphatic carboxylic acids is 1. The van der Waals surface area contributed by atoms with Gasteiger partial charge in [-0.15, -0.1) is 0 Å². The van der Waals surface area contributed by atoms with Crippen LogP contribution in [0.25, 0.3) is 0 Å². The molecule has 6 heteroatoms. The Morgan fingerprint density at radius 3 is 2.65 bits per heavy atom. The molecule has 0 aromatic carbocycles. The van der Waals surface area contributed by atoms with E-state index in [4.69, 9.17) is 10.2 Å². The van der Waals surface area contributed by atoms with Gasteiger partial charge in [-0.25, -0.2) is 9.59 Å². The first-order chi connectivity index (χ1) is 8.02. The third kappa shape index (κ3) is 4.60. The van der Waals surface area contributed by atoms with Gasteiger partial charge in [-0.05, 0) is 18.8 Å². The number of nitrogens with one attached hydrogen (secondary N) is 2. The van der Waals surface area contributed by atoms with Crippen LogP contribution in [-0.4, -0.2) is 40.9 Å². The van der Waals surface area contributed by atoms with Crippen molar-refractivity contribution in [3.05, 3.63) is 0 Å². The van der Waals surface area contributed by atoms with Crippen molar-refractivity contribution in [3.8, 4) is 0 Å². The molecule has 0 heterocycles. The lowest BCUT2D eigenvalue weighted by Gasteiger charge is -2.27. The quantitative estimate of drug-likeness (QED) is 0.572. The number of aliphatic hydroxyl groups excluding tert-OH is 1. The summed E-state index contributed by atoms with van der Waals surface area (Å²) in [4.78, 5) is 22.1. The molecule has 4 N–H and O–H groups in total. The van der Waals surface area contributed by atoms with E-state index in [2.05, 4.69) is 17.6 Å². The van der Waals surface area contributed by atoms with Crippen molar-refractivity contribution in [2.24, 2.45) is 5.92 Å². The van der Waals surface area contributed by atoms with E-state index >= 15 is 0 Å². The number of carbonyl (C=O) groups excluding carboxylic acids is 1.